The topological polar surface area (TPSA) is 43.4 Å². The van der Waals surface area contributed by atoms with Gasteiger partial charge in [0.15, 0.2) is 0 Å². The summed E-state index contributed by atoms with van der Waals surface area (Å²) >= 11 is 3.19. The molecule has 1 rings (SSSR count). The van der Waals surface area contributed by atoms with Crippen LogP contribution in [0, 0.1) is 5.92 Å². The third kappa shape index (κ3) is 4.63. The van der Waals surface area contributed by atoms with Crippen molar-refractivity contribution in [3.8, 4) is 0 Å². The second kappa shape index (κ2) is 6.88. The maximum atomic E-state index is 12.5. The van der Waals surface area contributed by atoms with Gasteiger partial charge in [-0.1, -0.05) is 28.1 Å². The third-order valence-corrected chi connectivity index (χ3v) is 3.05. The lowest BCUT2D eigenvalue weighted by atomic mass is 9.95. The van der Waals surface area contributed by atoms with Crippen molar-refractivity contribution < 1.29 is 27.5 Å². The standard InChI is InChI=1S/C13H12BrF3O3/c1-2-20-12(19)10(11(18)13(15,16)17)7-8-3-5-9(14)6-4-8/h3-6,10H,2,7H2,1H3. The Morgan fingerprint density at radius 1 is 1.25 bits per heavy atom. The van der Waals surface area contributed by atoms with Gasteiger partial charge in [0.2, 0.25) is 0 Å². The zero-order valence-corrected chi connectivity index (χ0v) is 12.1. The summed E-state index contributed by atoms with van der Waals surface area (Å²) in [5.74, 6) is -5.10. The maximum Gasteiger partial charge on any atom is 0.450 e. The number of halogens is 4. The monoisotopic (exact) mass is 352 g/mol. The van der Waals surface area contributed by atoms with Crippen molar-refractivity contribution in [1.82, 2.24) is 0 Å². The van der Waals surface area contributed by atoms with Crippen LogP contribution in [0.5, 0.6) is 0 Å². The van der Waals surface area contributed by atoms with Gasteiger partial charge >= 0.3 is 12.1 Å². The van der Waals surface area contributed by atoms with E-state index in [1.165, 1.54) is 6.92 Å². The number of rotatable bonds is 5. The second-order valence-corrected chi connectivity index (χ2v) is 4.91. The first-order chi connectivity index (χ1) is 9.25. The predicted molar refractivity (Wildman–Crippen MR) is 69.0 cm³/mol. The fourth-order valence-corrected chi connectivity index (χ4v) is 1.84. The van der Waals surface area contributed by atoms with E-state index < -0.39 is 23.8 Å². The molecule has 0 aromatic heterocycles. The van der Waals surface area contributed by atoms with E-state index in [1.54, 1.807) is 24.3 Å². The normalized spacial score (nSPS) is 12.8. The van der Waals surface area contributed by atoms with Crippen molar-refractivity contribution in [2.75, 3.05) is 6.61 Å². The zero-order chi connectivity index (χ0) is 15.3. The molecule has 1 atom stereocenters. The van der Waals surface area contributed by atoms with Crippen LogP contribution in [0.15, 0.2) is 28.7 Å². The minimum Gasteiger partial charge on any atom is -0.465 e. The molecule has 110 valence electrons. The molecule has 0 saturated heterocycles. The Bertz CT molecular complexity index is 483. The molecule has 0 saturated carbocycles. The number of carbonyl (C=O) groups excluding carboxylic acids is 2. The van der Waals surface area contributed by atoms with Crippen LogP contribution < -0.4 is 0 Å². The van der Waals surface area contributed by atoms with E-state index in [0.717, 1.165) is 4.47 Å². The lowest BCUT2D eigenvalue weighted by Gasteiger charge is -2.16. The summed E-state index contributed by atoms with van der Waals surface area (Å²) in [6.45, 7) is 1.38. The van der Waals surface area contributed by atoms with Crippen LogP contribution in [0.25, 0.3) is 0 Å². The molecule has 0 heterocycles. The SMILES string of the molecule is CCOC(=O)C(Cc1ccc(Br)cc1)C(=O)C(F)(F)F. The van der Waals surface area contributed by atoms with Gasteiger partial charge in [0, 0.05) is 4.47 Å². The Morgan fingerprint density at radius 3 is 2.25 bits per heavy atom. The van der Waals surface area contributed by atoms with E-state index >= 15 is 0 Å². The number of ether oxygens (including phenoxy) is 1. The Kier molecular flexibility index (Phi) is 5.74. The minimum absolute atomic E-state index is 0.0825. The summed E-state index contributed by atoms with van der Waals surface area (Å²) in [6, 6.07) is 6.32. The number of hydrogen-bond acceptors (Lipinski definition) is 3. The molecule has 0 fully saturated rings. The first kappa shape index (κ1) is 16.7. The predicted octanol–water partition coefficient (Wildman–Crippen LogP) is 3.30. The minimum atomic E-state index is -5.06. The Hall–Kier alpha value is -1.37. The lowest BCUT2D eigenvalue weighted by Crippen LogP contribution is -2.37. The Labute approximate surface area is 122 Å². The molecule has 0 aliphatic carbocycles. The molecule has 1 aromatic rings. The van der Waals surface area contributed by atoms with Gasteiger partial charge in [-0.25, -0.2) is 0 Å². The van der Waals surface area contributed by atoms with Gasteiger partial charge in [-0.3, -0.25) is 9.59 Å². The molecule has 0 aliphatic rings. The summed E-state index contributed by atoms with van der Waals surface area (Å²) in [5, 5.41) is 0. The van der Waals surface area contributed by atoms with Crippen molar-refractivity contribution in [2.45, 2.75) is 19.5 Å². The summed E-state index contributed by atoms with van der Waals surface area (Å²) in [6.07, 6.45) is -5.41. The number of hydrogen-bond donors (Lipinski definition) is 0. The van der Waals surface area contributed by atoms with Crippen LogP contribution in [0.3, 0.4) is 0 Å². The van der Waals surface area contributed by atoms with Crippen LogP contribution in [0.4, 0.5) is 13.2 Å². The molecule has 3 nitrogen and oxygen atoms in total. The molecular formula is C13H12BrF3O3. The highest BCUT2D eigenvalue weighted by molar-refractivity contribution is 9.10. The van der Waals surface area contributed by atoms with Crippen molar-refractivity contribution in [3.63, 3.8) is 0 Å². The van der Waals surface area contributed by atoms with E-state index in [4.69, 9.17) is 0 Å². The second-order valence-electron chi connectivity index (χ2n) is 4.00. The van der Waals surface area contributed by atoms with Crippen molar-refractivity contribution >= 4 is 27.7 Å². The van der Waals surface area contributed by atoms with Gasteiger partial charge in [-0.15, -0.1) is 0 Å². The molecule has 0 bridgehead atoms. The molecular weight excluding hydrogens is 341 g/mol. The van der Waals surface area contributed by atoms with Gasteiger partial charge in [0.1, 0.15) is 5.92 Å². The molecule has 1 unspecified atom stereocenters. The van der Waals surface area contributed by atoms with Gasteiger partial charge in [-0.05, 0) is 31.0 Å². The molecule has 7 heteroatoms. The first-order valence-corrected chi connectivity index (χ1v) is 6.57. The summed E-state index contributed by atoms with van der Waals surface area (Å²) in [7, 11) is 0. The molecule has 0 aliphatic heterocycles. The highest BCUT2D eigenvalue weighted by Crippen LogP contribution is 2.25. The molecule has 1 aromatic carbocycles. The van der Waals surface area contributed by atoms with Crippen LogP contribution in [-0.2, 0) is 20.7 Å². The molecule has 0 N–H and O–H groups in total. The first-order valence-electron chi connectivity index (χ1n) is 5.77. The fraction of sp³-hybridized carbons (Fsp3) is 0.385. The number of benzene rings is 1. The van der Waals surface area contributed by atoms with Crippen molar-refractivity contribution in [2.24, 2.45) is 5.92 Å². The van der Waals surface area contributed by atoms with Crippen molar-refractivity contribution in [1.29, 1.82) is 0 Å². The largest absolute Gasteiger partial charge is 0.465 e. The summed E-state index contributed by atoms with van der Waals surface area (Å²) in [5.41, 5.74) is 0.448. The van der Waals surface area contributed by atoms with E-state index in [9.17, 15) is 22.8 Å². The summed E-state index contributed by atoms with van der Waals surface area (Å²) in [4.78, 5) is 22.9. The number of Topliss-reactive ketones (excluding diaryl/α,β-unsaturated/α-hetero) is 1. The van der Waals surface area contributed by atoms with E-state index in [1.807, 2.05) is 0 Å². The quantitative estimate of drug-likeness (QED) is 0.603. The number of esters is 1. The van der Waals surface area contributed by atoms with E-state index in [0.29, 0.717) is 5.56 Å². The highest BCUT2D eigenvalue weighted by Gasteiger charge is 2.46. The van der Waals surface area contributed by atoms with Crippen molar-refractivity contribution in [3.05, 3.63) is 34.3 Å². The van der Waals surface area contributed by atoms with E-state index in [2.05, 4.69) is 20.7 Å². The molecule has 20 heavy (non-hydrogen) atoms. The van der Waals surface area contributed by atoms with Gasteiger partial charge in [0.05, 0.1) is 6.61 Å². The molecule has 0 spiro atoms. The van der Waals surface area contributed by atoms with Crippen LogP contribution in [0.1, 0.15) is 12.5 Å². The third-order valence-electron chi connectivity index (χ3n) is 2.52. The average Bonchev–Trinajstić information content (AvgIpc) is 2.36. The van der Waals surface area contributed by atoms with Crippen LogP contribution in [-0.4, -0.2) is 24.5 Å². The lowest BCUT2D eigenvalue weighted by molar-refractivity contribution is -0.180. The van der Waals surface area contributed by atoms with Gasteiger partial charge in [-0.2, -0.15) is 13.2 Å². The fourth-order valence-electron chi connectivity index (χ4n) is 1.58. The molecule has 0 radical (unpaired) electrons. The average molecular weight is 353 g/mol. The maximum absolute atomic E-state index is 12.5. The van der Waals surface area contributed by atoms with Crippen LogP contribution >= 0.6 is 15.9 Å². The number of alkyl halides is 3. The van der Waals surface area contributed by atoms with Crippen LogP contribution in [0.2, 0.25) is 0 Å². The summed E-state index contributed by atoms with van der Waals surface area (Å²) < 4.78 is 42.8. The smallest absolute Gasteiger partial charge is 0.450 e. The van der Waals surface area contributed by atoms with E-state index in [-0.39, 0.29) is 13.0 Å². The van der Waals surface area contributed by atoms with Gasteiger partial charge in [0.25, 0.3) is 5.78 Å². The zero-order valence-electron chi connectivity index (χ0n) is 10.5. The molecule has 0 amide bonds. The number of ketones is 1. The Balaban J connectivity index is 2.96. The highest BCUT2D eigenvalue weighted by atomic mass is 79.9. The Morgan fingerprint density at radius 2 is 1.80 bits per heavy atom. The van der Waals surface area contributed by atoms with Gasteiger partial charge < -0.3 is 4.74 Å². The number of carbonyl (C=O) groups is 2.